The van der Waals surface area contributed by atoms with Gasteiger partial charge < -0.3 is 15.5 Å². The second kappa shape index (κ2) is 4.44. The zero-order valence-electron chi connectivity index (χ0n) is 8.25. The van der Waals surface area contributed by atoms with Crippen molar-refractivity contribution in [3.05, 3.63) is 29.6 Å². The number of nitrogens with zero attached hydrogens (tertiary/aromatic N) is 1. The van der Waals surface area contributed by atoms with Crippen molar-refractivity contribution in [1.29, 1.82) is 0 Å². The molecule has 2 rings (SSSR count). The van der Waals surface area contributed by atoms with Crippen molar-refractivity contribution < 1.29 is 15.0 Å². The van der Waals surface area contributed by atoms with Gasteiger partial charge in [-0.3, -0.25) is 9.78 Å². The summed E-state index contributed by atoms with van der Waals surface area (Å²) in [7, 11) is 0. The number of aromatic hydroxyl groups is 1. The highest BCUT2D eigenvalue weighted by molar-refractivity contribution is 8.03. The molecular formula is C10H10N2O3S. The summed E-state index contributed by atoms with van der Waals surface area (Å²) in [5, 5.41) is 22.0. The van der Waals surface area contributed by atoms with Crippen LogP contribution in [0.25, 0.3) is 0 Å². The summed E-state index contributed by atoms with van der Waals surface area (Å²) in [6, 6.07) is 1.47. The van der Waals surface area contributed by atoms with Crippen molar-refractivity contribution in [1.82, 2.24) is 4.98 Å². The van der Waals surface area contributed by atoms with E-state index in [0.29, 0.717) is 11.4 Å². The van der Waals surface area contributed by atoms with Crippen LogP contribution in [0.3, 0.4) is 0 Å². The van der Waals surface area contributed by atoms with Gasteiger partial charge in [-0.05, 0) is 6.08 Å². The number of pyridine rings is 1. The van der Waals surface area contributed by atoms with Crippen molar-refractivity contribution in [2.24, 2.45) is 5.92 Å². The Morgan fingerprint density at radius 3 is 3.06 bits per heavy atom. The van der Waals surface area contributed by atoms with Crippen LogP contribution in [0.5, 0.6) is 5.75 Å². The summed E-state index contributed by atoms with van der Waals surface area (Å²) in [5.74, 6) is -0.695. The predicted octanol–water partition coefficient (Wildman–Crippen LogP) is 1.49. The molecule has 6 heteroatoms. The van der Waals surface area contributed by atoms with Gasteiger partial charge in [0.1, 0.15) is 5.75 Å². The molecule has 0 saturated carbocycles. The Morgan fingerprint density at radius 1 is 1.62 bits per heavy atom. The van der Waals surface area contributed by atoms with Gasteiger partial charge in [-0.15, -0.1) is 11.8 Å². The van der Waals surface area contributed by atoms with E-state index in [1.807, 2.05) is 0 Å². The van der Waals surface area contributed by atoms with Gasteiger partial charge in [-0.25, -0.2) is 0 Å². The van der Waals surface area contributed by atoms with Crippen LogP contribution in [0.15, 0.2) is 29.6 Å². The Kier molecular flexibility index (Phi) is 3.00. The third kappa shape index (κ3) is 2.27. The molecule has 16 heavy (non-hydrogen) atoms. The first-order valence-corrected chi connectivity index (χ1v) is 5.63. The minimum absolute atomic E-state index is 0.0928. The van der Waals surface area contributed by atoms with E-state index in [1.54, 1.807) is 6.08 Å². The molecule has 0 unspecified atom stereocenters. The number of hydrogen-bond acceptors (Lipinski definition) is 5. The van der Waals surface area contributed by atoms with Crippen molar-refractivity contribution in [2.45, 2.75) is 0 Å². The van der Waals surface area contributed by atoms with Crippen LogP contribution in [0.4, 0.5) is 5.69 Å². The highest BCUT2D eigenvalue weighted by atomic mass is 32.2. The molecule has 1 aromatic rings. The lowest BCUT2D eigenvalue weighted by Crippen LogP contribution is -2.10. The fourth-order valence-corrected chi connectivity index (χ4v) is 2.34. The SMILES string of the molecule is O=C(O)[C@H]1C=C(Nc2cnccc2O)SC1. The van der Waals surface area contributed by atoms with Crippen molar-refractivity contribution >= 4 is 23.4 Å². The highest BCUT2D eigenvalue weighted by Crippen LogP contribution is 2.32. The van der Waals surface area contributed by atoms with Gasteiger partial charge in [0.15, 0.2) is 0 Å². The molecule has 0 radical (unpaired) electrons. The Balaban J connectivity index is 2.09. The van der Waals surface area contributed by atoms with Gasteiger partial charge in [0.25, 0.3) is 0 Å². The first kappa shape index (κ1) is 10.8. The van der Waals surface area contributed by atoms with Crippen molar-refractivity contribution in [3.8, 4) is 5.75 Å². The molecule has 0 aliphatic carbocycles. The summed E-state index contributed by atoms with van der Waals surface area (Å²) in [4.78, 5) is 14.6. The average Bonchev–Trinajstić information content (AvgIpc) is 2.70. The first-order chi connectivity index (χ1) is 7.66. The molecule has 2 heterocycles. The second-order valence-electron chi connectivity index (χ2n) is 3.30. The van der Waals surface area contributed by atoms with Crippen LogP contribution in [0.2, 0.25) is 0 Å². The van der Waals surface area contributed by atoms with Gasteiger partial charge in [0.05, 0.1) is 22.8 Å². The standard InChI is InChI=1S/C10H10N2O3S/c13-8-1-2-11-4-7(8)12-9-3-6(5-16-9)10(14)15/h1-4,6,12H,5H2,(H,11,13)(H,14,15)/t6-/m0/s1. The van der Waals surface area contributed by atoms with Gasteiger partial charge in [0.2, 0.25) is 0 Å². The van der Waals surface area contributed by atoms with E-state index in [1.165, 1.54) is 30.2 Å². The number of thioether (sulfide) groups is 1. The molecular weight excluding hydrogens is 228 g/mol. The van der Waals surface area contributed by atoms with E-state index in [4.69, 9.17) is 5.11 Å². The third-order valence-corrected chi connectivity index (χ3v) is 3.22. The van der Waals surface area contributed by atoms with Gasteiger partial charge in [-0.2, -0.15) is 0 Å². The summed E-state index contributed by atoms with van der Waals surface area (Å²) < 4.78 is 0. The summed E-state index contributed by atoms with van der Waals surface area (Å²) >= 11 is 1.41. The molecule has 1 atom stereocenters. The van der Waals surface area contributed by atoms with E-state index in [9.17, 15) is 9.90 Å². The lowest BCUT2D eigenvalue weighted by Gasteiger charge is -2.06. The highest BCUT2D eigenvalue weighted by Gasteiger charge is 2.23. The topological polar surface area (TPSA) is 82.5 Å². The van der Waals surface area contributed by atoms with Crippen molar-refractivity contribution in [3.63, 3.8) is 0 Å². The second-order valence-corrected chi connectivity index (χ2v) is 4.37. The third-order valence-electron chi connectivity index (χ3n) is 2.14. The summed E-state index contributed by atoms with van der Waals surface area (Å²) in [6.07, 6.45) is 4.61. The number of carboxylic acids is 1. The average molecular weight is 238 g/mol. The minimum Gasteiger partial charge on any atom is -0.506 e. The largest absolute Gasteiger partial charge is 0.506 e. The van der Waals surface area contributed by atoms with E-state index in [-0.39, 0.29) is 5.75 Å². The number of aliphatic carboxylic acids is 1. The molecule has 3 N–H and O–H groups in total. The number of aromatic nitrogens is 1. The number of hydrogen-bond donors (Lipinski definition) is 3. The van der Waals surface area contributed by atoms with E-state index >= 15 is 0 Å². The molecule has 1 aromatic heterocycles. The van der Waals surface area contributed by atoms with Gasteiger partial charge in [-0.1, -0.05) is 0 Å². The van der Waals surface area contributed by atoms with Crippen LogP contribution in [0.1, 0.15) is 0 Å². The zero-order chi connectivity index (χ0) is 11.5. The molecule has 1 aliphatic rings. The normalized spacial score (nSPS) is 19.2. The number of rotatable bonds is 3. The molecule has 0 aromatic carbocycles. The monoisotopic (exact) mass is 238 g/mol. The van der Waals surface area contributed by atoms with Crippen LogP contribution >= 0.6 is 11.8 Å². The minimum atomic E-state index is -0.834. The van der Waals surface area contributed by atoms with E-state index in [0.717, 1.165) is 5.03 Å². The Hall–Kier alpha value is -1.69. The number of nitrogens with one attached hydrogen (secondary N) is 1. The van der Waals surface area contributed by atoms with Crippen LogP contribution in [-0.4, -0.2) is 26.9 Å². The smallest absolute Gasteiger partial charge is 0.311 e. The van der Waals surface area contributed by atoms with E-state index < -0.39 is 11.9 Å². The first-order valence-electron chi connectivity index (χ1n) is 4.64. The number of carbonyl (C=O) groups is 1. The van der Waals surface area contributed by atoms with E-state index in [2.05, 4.69) is 10.3 Å². The van der Waals surface area contributed by atoms with Crippen molar-refractivity contribution in [2.75, 3.05) is 11.1 Å². The number of anilines is 1. The van der Waals surface area contributed by atoms with Crippen LogP contribution in [0, 0.1) is 5.92 Å². The molecule has 0 spiro atoms. The maximum Gasteiger partial charge on any atom is 0.311 e. The summed E-state index contributed by atoms with van der Waals surface area (Å²) in [5.41, 5.74) is 0.479. The molecule has 5 nitrogen and oxygen atoms in total. The maximum absolute atomic E-state index is 10.7. The molecule has 0 amide bonds. The predicted molar refractivity (Wildman–Crippen MR) is 61.2 cm³/mol. The molecule has 0 fully saturated rings. The van der Waals surface area contributed by atoms with Crippen LogP contribution in [-0.2, 0) is 4.79 Å². The lowest BCUT2D eigenvalue weighted by molar-refractivity contribution is -0.139. The van der Waals surface area contributed by atoms with Crippen LogP contribution < -0.4 is 5.32 Å². The Labute approximate surface area is 96.2 Å². The fraction of sp³-hybridized carbons (Fsp3) is 0.200. The quantitative estimate of drug-likeness (QED) is 0.740. The van der Waals surface area contributed by atoms with Gasteiger partial charge >= 0.3 is 5.97 Å². The molecule has 0 bridgehead atoms. The molecule has 0 saturated heterocycles. The fourth-order valence-electron chi connectivity index (χ4n) is 1.29. The molecule has 84 valence electrons. The zero-order valence-corrected chi connectivity index (χ0v) is 9.07. The summed E-state index contributed by atoms with van der Waals surface area (Å²) in [6.45, 7) is 0. The van der Waals surface area contributed by atoms with Gasteiger partial charge in [0, 0.05) is 18.0 Å². The Morgan fingerprint density at radius 2 is 2.44 bits per heavy atom. The Bertz CT molecular complexity index is 447. The number of carboxylic acid groups (broad SMARTS) is 1. The maximum atomic E-state index is 10.7. The molecule has 1 aliphatic heterocycles. The lowest BCUT2D eigenvalue weighted by atomic mass is 10.2.